The Morgan fingerprint density at radius 3 is 2.67 bits per heavy atom. The van der Waals surface area contributed by atoms with E-state index in [0.29, 0.717) is 17.3 Å². The quantitative estimate of drug-likeness (QED) is 0.763. The van der Waals surface area contributed by atoms with Gasteiger partial charge in [-0.05, 0) is 12.1 Å². The lowest BCUT2D eigenvalue weighted by Gasteiger charge is -2.11. The van der Waals surface area contributed by atoms with Crippen LogP contribution < -0.4 is 21.5 Å². The van der Waals surface area contributed by atoms with Gasteiger partial charge in [-0.1, -0.05) is 0 Å². The topological polar surface area (TPSA) is 99.1 Å². The SMILES string of the molecule is COc1cc(F)ccc1Nc1cc(N)nc(N)n1. The molecule has 0 aliphatic heterocycles. The summed E-state index contributed by atoms with van der Waals surface area (Å²) in [5.41, 5.74) is 11.6. The van der Waals surface area contributed by atoms with E-state index in [0.717, 1.165) is 0 Å². The summed E-state index contributed by atoms with van der Waals surface area (Å²) in [5.74, 6) is 0.666. The first-order valence-corrected chi connectivity index (χ1v) is 5.09. The van der Waals surface area contributed by atoms with E-state index in [-0.39, 0.29) is 17.6 Å². The van der Waals surface area contributed by atoms with Crippen LogP contribution in [0.15, 0.2) is 24.3 Å². The lowest BCUT2D eigenvalue weighted by Crippen LogP contribution is -2.03. The van der Waals surface area contributed by atoms with Crippen LogP contribution in [-0.4, -0.2) is 17.1 Å². The van der Waals surface area contributed by atoms with Gasteiger partial charge in [0.1, 0.15) is 23.2 Å². The molecule has 0 bridgehead atoms. The van der Waals surface area contributed by atoms with Crippen LogP contribution >= 0.6 is 0 Å². The zero-order valence-electron chi connectivity index (χ0n) is 9.64. The molecule has 0 saturated heterocycles. The molecule has 0 aliphatic carbocycles. The number of hydrogen-bond acceptors (Lipinski definition) is 6. The second-order valence-electron chi connectivity index (χ2n) is 3.51. The number of nitrogen functional groups attached to an aromatic ring is 2. The highest BCUT2D eigenvalue weighted by atomic mass is 19.1. The van der Waals surface area contributed by atoms with Crippen LogP contribution in [0.2, 0.25) is 0 Å². The van der Waals surface area contributed by atoms with Crippen molar-refractivity contribution in [2.45, 2.75) is 0 Å². The molecule has 0 aliphatic rings. The number of nitrogens with zero attached hydrogens (tertiary/aromatic N) is 2. The number of hydrogen-bond donors (Lipinski definition) is 3. The summed E-state index contributed by atoms with van der Waals surface area (Å²) in [6, 6.07) is 5.61. The van der Waals surface area contributed by atoms with Crippen LogP contribution in [-0.2, 0) is 0 Å². The average molecular weight is 249 g/mol. The molecule has 0 radical (unpaired) electrons. The van der Waals surface area contributed by atoms with Crippen LogP contribution in [0.25, 0.3) is 0 Å². The maximum Gasteiger partial charge on any atom is 0.223 e. The molecule has 0 unspecified atom stereocenters. The molecule has 94 valence electrons. The smallest absolute Gasteiger partial charge is 0.223 e. The number of aromatic nitrogens is 2. The zero-order valence-corrected chi connectivity index (χ0v) is 9.64. The second kappa shape index (κ2) is 4.74. The Labute approximate surface area is 103 Å². The summed E-state index contributed by atoms with van der Waals surface area (Å²) in [6.07, 6.45) is 0. The van der Waals surface area contributed by atoms with Gasteiger partial charge < -0.3 is 21.5 Å². The predicted octanol–water partition coefficient (Wildman–Crippen LogP) is 1.53. The molecule has 1 aromatic carbocycles. The van der Waals surface area contributed by atoms with Crippen LogP contribution in [0.1, 0.15) is 0 Å². The van der Waals surface area contributed by atoms with Gasteiger partial charge >= 0.3 is 0 Å². The van der Waals surface area contributed by atoms with Crippen LogP contribution in [0.5, 0.6) is 5.75 Å². The molecular weight excluding hydrogens is 237 g/mol. The first kappa shape index (κ1) is 11.9. The zero-order chi connectivity index (χ0) is 13.1. The molecule has 1 aromatic heterocycles. The van der Waals surface area contributed by atoms with Crippen LogP contribution in [0.4, 0.5) is 27.7 Å². The van der Waals surface area contributed by atoms with E-state index in [1.54, 1.807) is 0 Å². The first-order valence-electron chi connectivity index (χ1n) is 5.09. The molecule has 1 heterocycles. The normalized spacial score (nSPS) is 10.1. The van der Waals surface area contributed by atoms with E-state index in [1.165, 1.54) is 31.4 Å². The van der Waals surface area contributed by atoms with Crippen molar-refractivity contribution in [3.8, 4) is 5.75 Å². The Morgan fingerprint density at radius 2 is 2.00 bits per heavy atom. The highest BCUT2D eigenvalue weighted by Gasteiger charge is 2.06. The number of anilines is 4. The Bertz CT molecular complexity index is 555. The third-order valence-electron chi connectivity index (χ3n) is 2.19. The molecule has 2 aromatic rings. The molecule has 6 nitrogen and oxygen atoms in total. The summed E-state index contributed by atoms with van der Waals surface area (Å²) >= 11 is 0. The Hall–Kier alpha value is -2.57. The fourth-order valence-electron chi connectivity index (χ4n) is 1.46. The molecular formula is C11H12FN5O. The van der Waals surface area contributed by atoms with E-state index in [2.05, 4.69) is 15.3 Å². The van der Waals surface area contributed by atoms with E-state index in [9.17, 15) is 4.39 Å². The minimum absolute atomic E-state index is 0.0542. The molecule has 0 saturated carbocycles. The lowest BCUT2D eigenvalue weighted by atomic mass is 10.3. The maximum absolute atomic E-state index is 13.0. The van der Waals surface area contributed by atoms with Gasteiger partial charge in [-0.15, -0.1) is 0 Å². The Morgan fingerprint density at radius 1 is 1.22 bits per heavy atom. The van der Waals surface area contributed by atoms with E-state index in [4.69, 9.17) is 16.2 Å². The van der Waals surface area contributed by atoms with Crippen molar-refractivity contribution in [3.05, 3.63) is 30.1 Å². The minimum atomic E-state index is -0.390. The van der Waals surface area contributed by atoms with E-state index < -0.39 is 0 Å². The van der Waals surface area contributed by atoms with Gasteiger partial charge in [0.15, 0.2) is 0 Å². The summed E-state index contributed by atoms with van der Waals surface area (Å²) < 4.78 is 18.1. The number of nitrogens with two attached hydrogens (primary N) is 2. The number of ether oxygens (including phenoxy) is 1. The van der Waals surface area contributed by atoms with Crippen molar-refractivity contribution < 1.29 is 9.13 Å². The molecule has 0 atom stereocenters. The molecule has 0 spiro atoms. The van der Waals surface area contributed by atoms with Crippen molar-refractivity contribution in [3.63, 3.8) is 0 Å². The third kappa shape index (κ3) is 2.57. The second-order valence-corrected chi connectivity index (χ2v) is 3.51. The minimum Gasteiger partial charge on any atom is -0.494 e. The van der Waals surface area contributed by atoms with Crippen molar-refractivity contribution in [1.82, 2.24) is 9.97 Å². The van der Waals surface area contributed by atoms with Crippen LogP contribution in [0, 0.1) is 5.82 Å². The average Bonchev–Trinajstić information content (AvgIpc) is 2.30. The van der Waals surface area contributed by atoms with Gasteiger partial charge in [-0.25, -0.2) is 4.39 Å². The molecule has 0 fully saturated rings. The number of halogens is 1. The molecule has 7 heteroatoms. The first-order chi connectivity index (χ1) is 8.58. The summed E-state index contributed by atoms with van der Waals surface area (Å²) in [5, 5.41) is 2.93. The summed E-state index contributed by atoms with van der Waals surface area (Å²) in [4.78, 5) is 7.70. The fraction of sp³-hybridized carbons (Fsp3) is 0.0909. The Kier molecular flexibility index (Phi) is 3.13. The molecule has 0 amide bonds. The largest absolute Gasteiger partial charge is 0.494 e. The van der Waals surface area contributed by atoms with E-state index >= 15 is 0 Å². The van der Waals surface area contributed by atoms with Gasteiger partial charge in [0.2, 0.25) is 5.95 Å². The maximum atomic E-state index is 13.0. The number of rotatable bonds is 3. The number of methoxy groups -OCH3 is 1. The van der Waals surface area contributed by atoms with Crippen molar-refractivity contribution in [1.29, 1.82) is 0 Å². The van der Waals surface area contributed by atoms with Gasteiger partial charge in [0.05, 0.1) is 12.8 Å². The monoisotopic (exact) mass is 249 g/mol. The van der Waals surface area contributed by atoms with Gasteiger partial charge in [-0.2, -0.15) is 9.97 Å². The van der Waals surface area contributed by atoms with Crippen LogP contribution in [0.3, 0.4) is 0 Å². The predicted molar refractivity (Wildman–Crippen MR) is 67.1 cm³/mol. The fourth-order valence-corrected chi connectivity index (χ4v) is 1.46. The molecule has 5 N–H and O–H groups in total. The van der Waals surface area contributed by atoms with Crippen molar-refractivity contribution in [2.75, 3.05) is 23.9 Å². The number of benzene rings is 1. The molecule has 2 rings (SSSR count). The summed E-state index contributed by atoms with van der Waals surface area (Å²) in [6.45, 7) is 0. The van der Waals surface area contributed by atoms with Crippen molar-refractivity contribution in [2.24, 2.45) is 0 Å². The lowest BCUT2D eigenvalue weighted by molar-refractivity contribution is 0.413. The van der Waals surface area contributed by atoms with Gasteiger partial charge in [0, 0.05) is 12.1 Å². The molecule has 18 heavy (non-hydrogen) atoms. The van der Waals surface area contributed by atoms with E-state index in [1.807, 2.05) is 0 Å². The third-order valence-corrected chi connectivity index (χ3v) is 2.19. The standard InChI is InChI=1S/C11H12FN5O/c1-18-8-4-6(12)2-3-7(8)15-10-5-9(13)16-11(14)17-10/h2-5H,1H3,(H5,13,14,15,16,17). The Balaban J connectivity index is 2.33. The van der Waals surface area contributed by atoms with Crippen molar-refractivity contribution >= 4 is 23.3 Å². The highest BCUT2D eigenvalue weighted by molar-refractivity contribution is 5.66. The highest BCUT2D eigenvalue weighted by Crippen LogP contribution is 2.28. The number of nitrogens with one attached hydrogen (secondary N) is 1. The van der Waals surface area contributed by atoms with Gasteiger partial charge in [0.25, 0.3) is 0 Å². The summed E-state index contributed by atoms with van der Waals surface area (Å²) in [7, 11) is 1.45. The van der Waals surface area contributed by atoms with Gasteiger partial charge in [-0.3, -0.25) is 0 Å².